The Kier molecular flexibility index (Phi) is 4.24. The molecular weight excluding hydrogens is 223 g/mol. The molecule has 0 aliphatic rings. The third-order valence-electron chi connectivity index (χ3n) is 1.65. The van der Waals surface area contributed by atoms with Gasteiger partial charge in [-0.2, -0.15) is 22.0 Å². The maximum atomic E-state index is 13.1. The van der Waals surface area contributed by atoms with Gasteiger partial charge in [0.2, 0.25) is 0 Å². The molecule has 0 heterocycles. The van der Waals surface area contributed by atoms with Crippen LogP contribution in [0.1, 0.15) is 13.3 Å². The lowest BCUT2D eigenvalue weighted by molar-refractivity contribution is -0.436. The average molecular weight is 234 g/mol. The summed E-state index contributed by atoms with van der Waals surface area (Å²) in [5, 5.41) is 0. The van der Waals surface area contributed by atoms with Crippen LogP contribution in [-0.2, 0) is 9.47 Å². The summed E-state index contributed by atoms with van der Waals surface area (Å²) in [5.41, 5.74) is 0. The molecule has 0 aromatic heterocycles. The van der Waals surface area contributed by atoms with Crippen LogP contribution in [0.15, 0.2) is 12.7 Å². The Morgan fingerprint density at radius 3 is 1.93 bits per heavy atom. The molecule has 0 amide bonds. The summed E-state index contributed by atoms with van der Waals surface area (Å²) in [4.78, 5) is 0. The van der Waals surface area contributed by atoms with Gasteiger partial charge in [0.25, 0.3) is 0 Å². The number of hydrogen-bond donors (Lipinski definition) is 0. The predicted molar refractivity (Wildman–Crippen MR) is 42.3 cm³/mol. The van der Waals surface area contributed by atoms with Gasteiger partial charge >= 0.3 is 18.1 Å². The number of halogens is 5. The molecule has 15 heavy (non-hydrogen) atoms. The third-order valence-corrected chi connectivity index (χ3v) is 1.65. The number of rotatable bonds is 6. The summed E-state index contributed by atoms with van der Waals surface area (Å²) in [5.74, 6) is -3.79. The first-order valence-electron chi connectivity index (χ1n) is 3.97. The highest BCUT2D eigenvalue weighted by Gasteiger charge is 2.59. The molecule has 90 valence electrons. The van der Waals surface area contributed by atoms with Gasteiger partial charge in [-0.1, -0.05) is 13.5 Å². The Hall–Kier alpha value is -0.690. The van der Waals surface area contributed by atoms with Crippen LogP contribution in [0.25, 0.3) is 0 Å². The van der Waals surface area contributed by atoms with E-state index in [-0.39, 0.29) is 6.08 Å². The van der Waals surface area contributed by atoms with Crippen molar-refractivity contribution in [2.45, 2.75) is 31.4 Å². The molecule has 7 heteroatoms. The first kappa shape index (κ1) is 14.3. The van der Waals surface area contributed by atoms with Crippen molar-refractivity contribution in [3.05, 3.63) is 12.7 Å². The second-order valence-electron chi connectivity index (χ2n) is 2.66. The van der Waals surface area contributed by atoms with Gasteiger partial charge in [0.05, 0.1) is 0 Å². The van der Waals surface area contributed by atoms with Crippen LogP contribution in [0.2, 0.25) is 0 Å². The van der Waals surface area contributed by atoms with E-state index < -0.39 is 24.5 Å². The largest absolute Gasteiger partial charge is 0.423 e. The van der Waals surface area contributed by atoms with Gasteiger partial charge in [0, 0.05) is 13.5 Å². The normalized spacial score (nSPS) is 17.3. The van der Waals surface area contributed by atoms with Gasteiger partial charge in [-0.05, 0) is 6.08 Å². The average Bonchev–Trinajstić information content (AvgIpc) is 2.14. The van der Waals surface area contributed by atoms with Gasteiger partial charge in [-0.15, -0.1) is 0 Å². The molecule has 0 N–H and O–H groups in total. The van der Waals surface area contributed by atoms with Gasteiger partial charge in [0.15, 0.2) is 0 Å². The second kappa shape index (κ2) is 4.44. The Morgan fingerprint density at radius 1 is 1.20 bits per heavy atom. The minimum Gasteiger partial charge on any atom is -0.339 e. The van der Waals surface area contributed by atoms with E-state index in [2.05, 4.69) is 16.1 Å². The Labute approximate surface area is 83.7 Å². The van der Waals surface area contributed by atoms with Crippen molar-refractivity contribution < 1.29 is 31.4 Å². The van der Waals surface area contributed by atoms with Gasteiger partial charge < -0.3 is 4.74 Å². The molecule has 0 aliphatic carbocycles. The highest BCUT2D eigenvalue weighted by Crippen LogP contribution is 2.40. The topological polar surface area (TPSA) is 18.5 Å². The van der Waals surface area contributed by atoms with Crippen LogP contribution in [0, 0.1) is 0 Å². The maximum absolute atomic E-state index is 13.1. The predicted octanol–water partition coefficient (Wildman–Crippen LogP) is 3.10. The zero-order chi connectivity index (χ0) is 12.3. The zero-order valence-corrected chi connectivity index (χ0v) is 8.20. The number of alkyl halides is 5. The molecule has 0 rings (SSSR count). The molecule has 0 saturated heterocycles. The highest BCUT2D eigenvalue weighted by atomic mass is 19.3. The number of methoxy groups -OCH3 is 1. The van der Waals surface area contributed by atoms with Gasteiger partial charge in [0.1, 0.15) is 0 Å². The lowest BCUT2D eigenvalue weighted by atomic mass is 10.3. The first-order valence-corrected chi connectivity index (χ1v) is 3.97. The summed E-state index contributed by atoms with van der Waals surface area (Å²) in [7, 11) is 0.586. The van der Waals surface area contributed by atoms with E-state index in [4.69, 9.17) is 0 Å². The van der Waals surface area contributed by atoms with Crippen LogP contribution >= 0.6 is 0 Å². The molecule has 2 nitrogen and oxygen atoms in total. The van der Waals surface area contributed by atoms with E-state index >= 15 is 0 Å². The highest BCUT2D eigenvalue weighted by molar-refractivity contribution is 4.95. The molecule has 0 aromatic carbocycles. The molecule has 0 spiro atoms. The molecule has 0 radical (unpaired) electrons. The fourth-order valence-corrected chi connectivity index (χ4v) is 0.650. The molecule has 0 aromatic rings. The van der Waals surface area contributed by atoms with Crippen LogP contribution in [-0.4, -0.2) is 25.2 Å². The summed E-state index contributed by atoms with van der Waals surface area (Å²) in [6.45, 7) is 3.63. The standard InChI is InChI=1S/C8H11F5O2/c1-4-6(9,14-3)8(12,13)15-7(10,11)5-2/h4H,1,5H2,2-3H3. The first-order chi connectivity index (χ1) is 6.64. The van der Waals surface area contributed by atoms with Crippen molar-refractivity contribution >= 4 is 0 Å². The summed E-state index contributed by atoms with van der Waals surface area (Å²) in [6, 6.07) is 0. The number of ether oxygens (including phenoxy) is 2. The maximum Gasteiger partial charge on any atom is 0.423 e. The van der Waals surface area contributed by atoms with E-state index in [1.165, 1.54) is 0 Å². The van der Waals surface area contributed by atoms with Gasteiger partial charge in [-0.25, -0.2) is 0 Å². The quantitative estimate of drug-likeness (QED) is 0.519. The fraction of sp³-hybridized carbons (Fsp3) is 0.750. The van der Waals surface area contributed by atoms with Crippen molar-refractivity contribution in [3.63, 3.8) is 0 Å². The number of hydrogen-bond acceptors (Lipinski definition) is 2. The smallest absolute Gasteiger partial charge is 0.339 e. The molecule has 0 bridgehead atoms. The summed E-state index contributed by atoms with van der Waals surface area (Å²) < 4.78 is 70.7. The van der Waals surface area contributed by atoms with E-state index in [1.54, 1.807) is 0 Å². The van der Waals surface area contributed by atoms with Crippen molar-refractivity contribution in [2.75, 3.05) is 7.11 Å². The minimum absolute atomic E-state index is 0.0543. The van der Waals surface area contributed by atoms with E-state index in [9.17, 15) is 22.0 Å². The molecule has 0 aliphatic heterocycles. The Balaban J connectivity index is 4.89. The molecule has 1 atom stereocenters. The van der Waals surface area contributed by atoms with E-state index in [0.717, 1.165) is 6.92 Å². The Morgan fingerprint density at radius 2 is 1.67 bits per heavy atom. The van der Waals surface area contributed by atoms with Crippen LogP contribution < -0.4 is 0 Å². The van der Waals surface area contributed by atoms with Crippen molar-refractivity contribution in [3.8, 4) is 0 Å². The van der Waals surface area contributed by atoms with E-state index in [1.807, 2.05) is 0 Å². The van der Waals surface area contributed by atoms with Crippen molar-refractivity contribution in [1.29, 1.82) is 0 Å². The van der Waals surface area contributed by atoms with Crippen LogP contribution in [0.3, 0.4) is 0 Å². The lowest BCUT2D eigenvalue weighted by Gasteiger charge is -2.31. The van der Waals surface area contributed by atoms with Crippen molar-refractivity contribution in [1.82, 2.24) is 0 Å². The molecular formula is C8H11F5O2. The van der Waals surface area contributed by atoms with E-state index in [0.29, 0.717) is 7.11 Å². The molecule has 0 saturated carbocycles. The van der Waals surface area contributed by atoms with Crippen molar-refractivity contribution in [2.24, 2.45) is 0 Å². The molecule has 0 fully saturated rings. The lowest BCUT2D eigenvalue weighted by Crippen LogP contribution is -2.49. The Bertz CT molecular complexity index is 231. The monoisotopic (exact) mass is 234 g/mol. The SMILES string of the molecule is C=CC(F)(OC)C(F)(F)OC(F)(F)CC. The summed E-state index contributed by atoms with van der Waals surface area (Å²) >= 11 is 0. The fourth-order valence-electron chi connectivity index (χ4n) is 0.650. The second-order valence-corrected chi connectivity index (χ2v) is 2.66. The van der Waals surface area contributed by atoms with Crippen LogP contribution in [0.5, 0.6) is 0 Å². The zero-order valence-electron chi connectivity index (χ0n) is 8.20. The third kappa shape index (κ3) is 3.13. The summed E-state index contributed by atoms with van der Waals surface area (Å²) in [6.07, 6.45) is -9.91. The van der Waals surface area contributed by atoms with Gasteiger partial charge in [-0.3, -0.25) is 4.74 Å². The van der Waals surface area contributed by atoms with Crippen LogP contribution in [0.4, 0.5) is 22.0 Å². The minimum atomic E-state index is -4.82. The molecule has 1 unspecified atom stereocenters.